The minimum Gasteiger partial charge on any atom is -0.396 e. The zero-order chi connectivity index (χ0) is 14.5. The lowest BCUT2D eigenvalue weighted by molar-refractivity contribution is 0.260. The predicted molar refractivity (Wildman–Crippen MR) is 77.2 cm³/mol. The molecular formula is C16H21FN2O. The van der Waals surface area contributed by atoms with Crippen LogP contribution in [0.4, 0.5) is 4.39 Å². The third-order valence-electron chi connectivity index (χ3n) is 3.60. The van der Waals surface area contributed by atoms with Crippen LogP contribution in [-0.2, 0) is 19.4 Å². The largest absolute Gasteiger partial charge is 0.396 e. The van der Waals surface area contributed by atoms with Crippen molar-refractivity contribution < 1.29 is 9.50 Å². The van der Waals surface area contributed by atoms with Crippen LogP contribution in [0, 0.1) is 5.82 Å². The van der Waals surface area contributed by atoms with E-state index in [1.165, 1.54) is 6.07 Å². The number of nitrogens with zero attached hydrogens (tertiary/aromatic N) is 2. The Morgan fingerprint density at radius 3 is 2.65 bits per heavy atom. The number of benzene rings is 1. The third-order valence-corrected chi connectivity index (χ3v) is 3.60. The van der Waals surface area contributed by atoms with E-state index in [1.54, 1.807) is 18.2 Å². The van der Waals surface area contributed by atoms with Gasteiger partial charge in [0.05, 0.1) is 12.3 Å². The standard InChI is InChI=1S/C16H21FN2O/c1-3-13-10-14(19(4-2)18-13)9-12(11-20)15-7-5-6-8-16(15)17/h5-8,10,12,20H,3-4,9,11H2,1-2H3. The van der Waals surface area contributed by atoms with Crippen LogP contribution in [0.3, 0.4) is 0 Å². The highest BCUT2D eigenvalue weighted by Gasteiger charge is 2.18. The molecule has 20 heavy (non-hydrogen) atoms. The molecule has 2 aromatic rings. The average molecular weight is 276 g/mol. The molecule has 0 bridgehead atoms. The van der Waals surface area contributed by atoms with E-state index in [4.69, 9.17) is 0 Å². The van der Waals surface area contributed by atoms with E-state index in [0.717, 1.165) is 24.4 Å². The van der Waals surface area contributed by atoms with Crippen molar-refractivity contribution in [3.05, 3.63) is 53.1 Å². The minimum atomic E-state index is -0.259. The van der Waals surface area contributed by atoms with Gasteiger partial charge in [-0.1, -0.05) is 25.1 Å². The maximum Gasteiger partial charge on any atom is 0.126 e. The zero-order valence-electron chi connectivity index (χ0n) is 12.0. The fraction of sp³-hybridized carbons (Fsp3) is 0.438. The number of halogens is 1. The van der Waals surface area contributed by atoms with Crippen LogP contribution in [0.25, 0.3) is 0 Å². The molecule has 1 unspecified atom stereocenters. The Morgan fingerprint density at radius 2 is 2.05 bits per heavy atom. The van der Waals surface area contributed by atoms with Crippen molar-refractivity contribution in [2.45, 2.75) is 39.2 Å². The highest BCUT2D eigenvalue weighted by molar-refractivity contribution is 5.24. The summed E-state index contributed by atoms with van der Waals surface area (Å²) in [4.78, 5) is 0. The molecular weight excluding hydrogens is 255 g/mol. The van der Waals surface area contributed by atoms with E-state index >= 15 is 0 Å². The van der Waals surface area contributed by atoms with Gasteiger partial charge in [0.1, 0.15) is 5.82 Å². The number of aliphatic hydroxyl groups excluding tert-OH is 1. The van der Waals surface area contributed by atoms with E-state index in [9.17, 15) is 9.50 Å². The molecule has 0 saturated heterocycles. The van der Waals surface area contributed by atoms with Crippen molar-refractivity contribution in [2.75, 3.05) is 6.61 Å². The Labute approximate surface area is 119 Å². The minimum absolute atomic E-state index is 0.0721. The first-order valence-electron chi connectivity index (χ1n) is 7.10. The van der Waals surface area contributed by atoms with Gasteiger partial charge in [-0.25, -0.2) is 4.39 Å². The molecule has 0 amide bonds. The van der Waals surface area contributed by atoms with Crippen molar-refractivity contribution in [1.29, 1.82) is 0 Å². The molecule has 0 saturated carbocycles. The maximum atomic E-state index is 13.8. The molecule has 0 aliphatic carbocycles. The summed E-state index contributed by atoms with van der Waals surface area (Å²) in [6.07, 6.45) is 1.47. The van der Waals surface area contributed by atoms with Gasteiger partial charge in [0.25, 0.3) is 0 Å². The second kappa shape index (κ2) is 6.66. The molecule has 0 aliphatic rings. The van der Waals surface area contributed by atoms with Gasteiger partial charge in [0.15, 0.2) is 0 Å². The molecule has 4 heteroatoms. The van der Waals surface area contributed by atoms with Crippen LogP contribution < -0.4 is 0 Å². The SMILES string of the molecule is CCc1cc(CC(CO)c2ccccc2F)n(CC)n1. The molecule has 1 atom stereocenters. The van der Waals surface area contributed by atoms with Crippen molar-refractivity contribution >= 4 is 0 Å². The summed E-state index contributed by atoms with van der Waals surface area (Å²) in [5.74, 6) is -0.493. The molecule has 0 aliphatic heterocycles. The second-order valence-corrected chi connectivity index (χ2v) is 4.90. The highest BCUT2D eigenvalue weighted by atomic mass is 19.1. The molecule has 3 nitrogen and oxygen atoms in total. The molecule has 1 aromatic carbocycles. The van der Waals surface area contributed by atoms with Gasteiger partial charge in [0, 0.05) is 18.2 Å². The summed E-state index contributed by atoms with van der Waals surface area (Å²) in [7, 11) is 0. The molecule has 0 fully saturated rings. The normalized spacial score (nSPS) is 12.6. The summed E-state index contributed by atoms with van der Waals surface area (Å²) in [5, 5.41) is 14.1. The van der Waals surface area contributed by atoms with Crippen molar-refractivity contribution in [2.24, 2.45) is 0 Å². The van der Waals surface area contributed by atoms with E-state index in [2.05, 4.69) is 12.0 Å². The number of aromatic nitrogens is 2. The van der Waals surface area contributed by atoms with Crippen molar-refractivity contribution in [3.8, 4) is 0 Å². The summed E-state index contributed by atoms with van der Waals surface area (Å²) < 4.78 is 15.8. The van der Waals surface area contributed by atoms with Crippen LogP contribution in [0.2, 0.25) is 0 Å². The second-order valence-electron chi connectivity index (χ2n) is 4.90. The number of aryl methyl sites for hydroxylation is 2. The fourth-order valence-electron chi connectivity index (χ4n) is 2.46. The summed E-state index contributed by atoms with van der Waals surface area (Å²) in [5.41, 5.74) is 2.65. The van der Waals surface area contributed by atoms with Gasteiger partial charge in [-0.15, -0.1) is 0 Å². The Balaban J connectivity index is 2.26. The van der Waals surface area contributed by atoms with Crippen LogP contribution in [0.1, 0.15) is 36.7 Å². The third kappa shape index (κ3) is 3.07. The lowest BCUT2D eigenvalue weighted by Gasteiger charge is -2.16. The lowest BCUT2D eigenvalue weighted by Crippen LogP contribution is -2.13. The van der Waals surface area contributed by atoms with Crippen molar-refractivity contribution in [1.82, 2.24) is 9.78 Å². The van der Waals surface area contributed by atoms with E-state index in [-0.39, 0.29) is 18.3 Å². The Bertz CT molecular complexity index is 565. The van der Waals surface area contributed by atoms with Gasteiger partial charge in [-0.05, 0) is 37.5 Å². The predicted octanol–water partition coefficient (Wildman–Crippen LogP) is 2.92. The summed E-state index contributed by atoms with van der Waals surface area (Å²) in [6.45, 7) is 4.81. The Morgan fingerprint density at radius 1 is 1.30 bits per heavy atom. The number of hydrogen-bond donors (Lipinski definition) is 1. The maximum absolute atomic E-state index is 13.8. The Kier molecular flexibility index (Phi) is 4.90. The first kappa shape index (κ1) is 14.7. The smallest absolute Gasteiger partial charge is 0.126 e. The summed E-state index contributed by atoms with van der Waals surface area (Å²) in [6, 6.07) is 8.69. The van der Waals surface area contributed by atoms with Crippen LogP contribution in [-0.4, -0.2) is 21.5 Å². The zero-order valence-corrected chi connectivity index (χ0v) is 12.0. The van der Waals surface area contributed by atoms with Gasteiger partial charge in [-0.2, -0.15) is 5.10 Å². The Hall–Kier alpha value is -1.68. The van der Waals surface area contributed by atoms with Crippen LogP contribution in [0.5, 0.6) is 0 Å². The number of aliphatic hydroxyl groups is 1. The quantitative estimate of drug-likeness (QED) is 0.881. The van der Waals surface area contributed by atoms with Gasteiger partial charge in [0.2, 0.25) is 0 Å². The first-order valence-corrected chi connectivity index (χ1v) is 7.10. The highest BCUT2D eigenvalue weighted by Crippen LogP contribution is 2.23. The molecule has 0 radical (unpaired) electrons. The molecule has 2 rings (SSSR count). The molecule has 1 heterocycles. The van der Waals surface area contributed by atoms with E-state index < -0.39 is 0 Å². The average Bonchev–Trinajstić information content (AvgIpc) is 2.88. The number of rotatable bonds is 6. The van der Waals surface area contributed by atoms with E-state index in [1.807, 2.05) is 17.7 Å². The van der Waals surface area contributed by atoms with Gasteiger partial charge in [-0.3, -0.25) is 4.68 Å². The molecule has 1 aromatic heterocycles. The van der Waals surface area contributed by atoms with Crippen LogP contribution in [0.15, 0.2) is 30.3 Å². The number of hydrogen-bond acceptors (Lipinski definition) is 2. The van der Waals surface area contributed by atoms with Crippen LogP contribution >= 0.6 is 0 Å². The topological polar surface area (TPSA) is 38.0 Å². The fourth-order valence-corrected chi connectivity index (χ4v) is 2.46. The molecule has 108 valence electrons. The van der Waals surface area contributed by atoms with Gasteiger partial charge >= 0.3 is 0 Å². The van der Waals surface area contributed by atoms with Crippen molar-refractivity contribution in [3.63, 3.8) is 0 Å². The molecule has 0 spiro atoms. The van der Waals surface area contributed by atoms with E-state index in [0.29, 0.717) is 12.0 Å². The summed E-state index contributed by atoms with van der Waals surface area (Å²) >= 11 is 0. The first-order chi connectivity index (χ1) is 9.69. The van der Waals surface area contributed by atoms with Gasteiger partial charge < -0.3 is 5.11 Å². The molecule has 1 N–H and O–H groups in total. The lowest BCUT2D eigenvalue weighted by atomic mass is 9.94. The monoisotopic (exact) mass is 276 g/mol.